The summed E-state index contributed by atoms with van der Waals surface area (Å²) in [4.78, 5) is 33.4. The van der Waals surface area contributed by atoms with Crippen LogP contribution < -0.4 is 9.64 Å². The average Bonchev–Trinajstić information content (AvgIpc) is 3.11. The molecule has 0 spiro atoms. The Bertz CT molecular complexity index is 1590. The number of benzene rings is 4. The molecule has 4 aromatic rings. The first-order chi connectivity index (χ1) is 22.0. The van der Waals surface area contributed by atoms with Gasteiger partial charge in [-0.05, 0) is 66.9 Å². The minimum absolute atomic E-state index is 0.00997. The number of likely N-dealkylation sites (N-methyl/N-ethyl adjacent to an activating group) is 1. The molecule has 0 saturated heterocycles. The fourth-order valence-corrected chi connectivity index (χ4v) is 5.85. The monoisotopic (exact) mass is 605 g/mol. The van der Waals surface area contributed by atoms with Crippen LogP contribution in [0.3, 0.4) is 0 Å². The lowest BCUT2D eigenvalue weighted by Gasteiger charge is -2.28. The fourth-order valence-electron chi connectivity index (χ4n) is 5.85. The predicted octanol–water partition coefficient (Wildman–Crippen LogP) is 6.45. The van der Waals surface area contributed by atoms with Crippen LogP contribution >= 0.6 is 0 Å². The van der Waals surface area contributed by atoms with Crippen LogP contribution in [-0.2, 0) is 29.1 Å². The maximum Gasteiger partial charge on any atom is 0.254 e. The van der Waals surface area contributed by atoms with Gasteiger partial charge in [-0.15, -0.1) is 0 Å². The first-order valence-electron chi connectivity index (χ1n) is 15.7. The molecule has 0 radical (unpaired) electrons. The van der Waals surface area contributed by atoms with Gasteiger partial charge in [0.05, 0.1) is 0 Å². The Morgan fingerprint density at radius 1 is 0.822 bits per heavy atom. The second-order valence-electron chi connectivity index (χ2n) is 11.5. The number of amides is 2. The van der Waals surface area contributed by atoms with Gasteiger partial charge in [-0.3, -0.25) is 9.59 Å². The summed E-state index contributed by atoms with van der Waals surface area (Å²) in [6, 6.07) is 32.2. The number of hydrogen-bond donors (Lipinski definition) is 0. The Kier molecular flexibility index (Phi) is 11.0. The Balaban J connectivity index is 1.44. The molecule has 0 aromatic heterocycles. The fraction of sp³-hybridized carbons (Fsp3) is 0.316. The summed E-state index contributed by atoms with van der Waals surface area (Å²) in [5, 5.41) is 0. The third kappa shape index (κ3) is 7.98. The number of carbonyl (C=O) groups is 2. The van der Waals surface area contributed by atoms with Crippen molar-refractivity contribution in [1.82, 2.24) is 9.80 Å². The third-order valence-corrected chi connectivity index (χ3v) is 8.32. The summed E-state index contributed by atoms with van der Waals surface area (Å²) in [5.41, 5.74) is 6.58. The minimum Gasteiger partial charge on any atom is -0.488 e. The molecule has 1 aliphatic heterocycles. The van der Waals surface area contributed by atoms with Gasteiger partial charge in [-0.25, -0.2) is 0 Å². The van der Waals surface area contributed by atoms with E-state index in [1.807, 2.05) is 82.6 Å². The Morgan fingerprint density at radius 2 is 1.58 bits per heavy atom. The summed E-state index contributed by atoms with van der Waals surface area (Å²) in [6.45, 7) is 5.72. The van der Waals surface area contributed by atoms with Crippen molar-refractivity contribution in [2.45, 2.75) is 32.9 Å². The van der Waals surface area contributed by atoms with Crippen LogP contribution in [0.1, 0.15) is 40.4 Å². The van der Waals surface area contributed by atoms with Crippen molar-refractivity contribution in [3.8, 4) is 16.9 Å². The van der Waals surface area contributed by atoms with E-state index < -0.39 is 0 Å². The third-order valence-electron chi connectivity index (χ3n) is 8.32. The van der Waals surface area contributed by atoms with Gasteiger partial charge in [0.1, 0.15) is 19.0 Å². The van der Waals surface area contributed by atoms with Gasteiger partial charge in [-0.2, -0.15) is 0 Å². The van der Waals surface area contributed by atoms with Crippen LogP contribution in [-0.4, -0.2) is 68.6 Å². The van der Waals surface area contributed by atoms with Gasteiger partial charge >= 0.3 is 0 Å². The van der Waals surface area contributed by atoms with E-state index in [1.165, 1.54) is 7.11 Å². The maximum absolute atomic E-state index is 14.3. The molecule has 234 valence electrons. The molecule has 1 aliphatic rings. The molecule has 0 bridgehead atoms. The largest absolute Gasteiger partial charge is 0.488 e. The van der Waals surface area contributed by atoms with Crippen molar-refractivity contribution in [3.05, 3.63) is 119 Å². The highest BCUT2D eigenvalue weighted by Crippen LogP contribution is 2.33. The van der Waals surface area contributed by atoms with Gasteiger partial charge in [0.25, 0.3) is 11.8 Å². The lowest BCUT2D eigenvalue weighted by atomic mass is 9.96. The summed E-state index contributed by atoms with van der Waals surface area (Å²) in [7, 11) is 3.61. The topological polar surface area (TPSA) is 62.3 Å². The Labute approximate surface area is 267 Å². The highest BCUT2D eigenvalue weighted by Gasteiger charge is 2.25. The van der Waals surface area contributed by atoms with E-state index in [-0.39, 0.29) is 18.4 Å². The zero-order valence-corrected chi connectivity index (χ0v) is 26.6. The lowest BCUT2D eigenvalue weighted by molar-refractivity contribution is -0.122. The van der Waals surface area contributed by atoms with Gasteiger partial charge in [0.2, 0.25) is 0 Å². The normalized spacial score (nSPS) is 14.4. The number of hydrogen-bond acceptors (Lipinski definition) is 5. The summed E-state index contributed by atoms with van der Waals surface area (Å²) >= 11 is 0. The number of carbonyl (C=O) groups excluding carboxylic acids is 2. The van der Waals surface area contributed by atoms with Crippen molar-refractivity contribution >= 4 is 17.5 Å². The summed E-state index contributed by atoms with van der Waals surface area (Å²) < 4.78 is 11.4. The van der Waals surface area contributed by atoms with E-state index in [1.54, 1.807) is 0 Å². The molecule has 0 N–H and O–H groups in total. The van der Waals surface area contributed by atoms with E-state index in [4.69, 9.17) is 9.47 Å². The molecule has 7 heteroatoms. The van der Waals surface area contributed by atoms with E-state index in [0.717, 1.165) is 58.8 Å². The molecule has 0 fully saturated rings. The molecule has 4 aromatic carbocycles. The summed E-state index contributed by atoms with van der Waals surface area (Å²) in [6.07, 6.45) is 1.54. The van der Waals surface area contributed by atoms with Crippen LogP contribution in [0.5, 0.6) is 5.75 Å². The number of aryl methyl sites for hydroxylation is 1. The number of fused-ring (bicyclic) bond motifs is 1. The quantitative estimate of drug-likeness (QED) is 0.231. The molecule has 45 heavy (non-hydrogen) atoms. The second kappa shape index (κ2) is 15.5. The molecular weight excluding hydrogens is 562 g/mol. The van der Waals surface area contributed by atoms with Crippen molar-refractivity contribution < 1.29 is 19.1 Å². The SMILES string of the molecule is CCc1cc(-c2ccccc2OCc2ccccc2)ccc1C(=O)N1CCN(C)CCCN(C(=O)COC)c2ccccc2C1. The molecule has 0 atom stereocenters. The van der Waals surface area contributed by atoms with E-state index in [9.17, 15) is 9.59 Å². The van der Waals surface area contributed by atoms with Crippen LogP contribution in [0, 0.1) is 0 Å². The second-order valence-corrected chi connectivity index (χ2v) is 11.5. The first kappa shape index (κ1) is 31.9. The van der Waals surface area contributed by atoms with Crippen molar-refractivity contribution in [1.29, 1.82) is 0 Å². The minimum atomic E-state index is -0.0818. The van der Waals surface area contributed by atoms with E-state index in [2.05, 4.69) is 43.1 Å². The lowest BCUT2D eigenvalue weighted by Crippen LogP contribution is -2.37. The molecule has 0 aliphatic carbocycles. The maximum atomic E-state index is 14.3. The molecule has 0 saturated carbocycles. The first-order valence-corrected chi connectivity index (χ1v) is 15.7. The molecule has 0 unspecified atom stereocenters. The van der Waals surface area contributed by atoms with Crippen molar-refractivity contribution in [2.24, 2.45) is 0 Å². The van der Waals surface area contributed by atoms with Gasteiger partial charge in [0, 0.05) is 50.1 Å². The van der Waals surface area contributed by atoms with Crippen molar-refractivity contribution in [2.75, 3.05) is 51.8 Å². The van der Waals surface area contributed by atoms with Crippen LogP contribution in [0.4, 0.5) is 5.69 Å². The number of methoxy groups -OCH3 is 1. The molecular formula is C38H43N3O4. The Morgan fingerprint density at radius 3 is 2.38 bits per heavy atom. The molecule has 7 nitrogen and oxygen atoms in total. The number of ether oxygens (including phenoxy) is 2. The van der Waals surface area contributed by atoms with E-state index in [0.29, 0.717) is 38.2 Å². The van der Waals surface area contributed by atoms with Crippen LogP contribution in [0.25, 0.3) is 11.1 Å². The number of anilines is 1. The number of rotatable bonds is 8. The predicted molar refractivity (Wildman–Crippen MR) is 180 cm³/mol. The van der Waals surface area contributed by atoms with Crippen molar-refractivity contribution in [3.63, 3.8) is 0 Å². The smallest absolute Gasteiger partial charge is 0.254 e. The standard InChI is InChI=1S/C38H43N3O4/c1-4-30-25-31(33-16-9-11-18-36(33)45-27-29-13-6-5-7-14-29)19-20-34(30)38(43)40-24-23-39(2)21-12-22-41(37(42)28-44-3)35-17-10-8-15-32(35)26-40/h5-11,13-20,25H,4,12,21-24,26-28H2,1-3H3. The average molecular weight is 606 g/mol. The van der Waals surface area contributed by atoms with Gasteiger partial charge in [0.15, 0.2) is 0 Å². The highest BCUT2D eigenvalue weighted by atomic mass is 16.5. The zero-order chi connectivity index (χ0) is 31.6. The zero-order valence-electron chi connectivity index (χ0n) is 26.6. The molecule has 2 amide bonds. The number of nitrogens with zero attached hydrogens (tertiary/aromatic N) is 3. The molecule has 1 heterocycles. The highest BCUT2D eigenvalue weighted by molar-refractivity contribution is 5.97. The van der Waals surface area contributed by atoms with Crippen LogP contribution in [0.15, 0.2) is 97.1 Å². The molecule has 5 rings (SSSR count). The van der Waals surface area contributed by atoms with E-state index >= 15 is 0 Å². The van der Waals surface area contributed by atoms with Crippen LogP contribution in [0.2, 0.25) is 0 Å². The van der Waals surface area contributed by atoms with Gasteiger partial charge in [-0.1, -0.05) is 85.8 Å². The Hall–Kier alpha value is -4.46. The summed E-state index contributed by atoms with van der Waals surface area (Å²) in [5.74, 6) is 0.715. The number of para-hydroxylation sites is 2. The van der Waals surface area contributed by atoms with Gasteiger partial charge < -0.3 is 24.2 Å².